The van der Waals surface area contributed by atoms with Crippen molar-refractivity contribution in [1.82, 2.24) is 14.8 Å². The molecule has 0 saturated heterocycles. The number of hydrogen-bond donors (Lipinski definition) is 1. The smallest absolute Gasteiger partial charge is 0.387 e. The second-order valence-corrected chi connectivity index (χ2v) is 7.16. The molecule has 1 unspecified atom stereocenters. The van der Waals surface area contributed by atoms with Gasteiger partial charge in [0.05, 0.1) is 16.4 Å². The first-order valence-corrected chi connectivity index (χ1v) is 9.79. The van der Waals surface area contributed by atoms with Gasteiger partial charge in [-0.2, -0.15) is 13.9 Å². The van der Waals surface area contributed by atoms with Crippen molar-refractivity contribution in [1.29, 1.82) is 0 Å². The largest absolute Gasteiger partial charge is 0.448 e. The van der Waals surface area contributed by atoms with Crippen molar-refractivity contribution in [2.45, 2.75) is 33.5 Å². The Labute approximate surface area is 187 Å². The highest BCUT2D eigenvalue weighted by molar-refractivity contribution is 6.33. The number of halogens is 3. The number of carbonyl (C=O) groups excluding carboxylic acids is 2. The number of nitrogens with zero attached hydrogens (tertiary/aromatic N) is 3. The molecule has 0 spiro atoms. The van der Waals surface area contributed by atoms with Gasteiger partial charge in [-0.05, 0) is 51.1 Å². The molecule has 0 fully saturated rings. The molecule has 1 aromatic carbocycles. The number of pyridine rings is 1. The number of rotatable bonds is 7. The molecule has 0 aliphatic carbocycles. The Balaban J connectivity index is 1.74. The second-order valence-electron chi connectivity index (χ2n) is 6.75. The molecule has 3 rings (SSSR count). The second kappa shape index (κ2) is 9.73. The summed E-state index contributed by atoms with van der Waals surface area (Å²) in [6.45, 7) is 1.91. The van der Waals surface area contributed by atoms with Crippen LogP contribution in [0.3, 0.4) is 0 Å². The van der Waals surface area contributed by atoms with Crippen LogP contribution in [0.4, 0.5) is 14.5 Å². The van der Waals surface area contributed by atoms with E-state index in [4.69, 9.17) is 16.3 Å². The van der Waals surface area contributed by atoms with Gasteiger partial charge in [0.15, 0.2) is 17.6 Å². The SMILES string of the molecule is Cc1cc(C)n(-c2ccc(Cl)c(C(=O)OC(C)C(=O)Nc3ccccc3OC(F)F)n2)n1. The maximum absolute atomic E-state index is 12.6. The Bertz CT molecular complexity index is 1150. The number of ether oxygens (including phenoxy) is 2. The fourth-order valence-electron chi connectivity index (χ4n) is 2.83. The van der Waals surface area contributed by atoms with Gasteiger partial charge in [-0.3, -0.25) is 4.79 Å². The van der Waals surface area contributed by atoms with E-state index in [0.717, 1.165) is 11.4 Å². The van der Waals surface area contributed by atoms with Crippen molar-refractivity contribution in [3.05, 3.63) is 64.6 Å². The molecule has 2 heterocycles. The molecular formula is C21H19ClF2N4O4. The van der Waals surface area contributed by atoms with Crippen molar-refractivity contribution >= 4 is 29.2 Å². The van der Waals surface area contributed by atoms with Gasteiger partial charge in [-0.25, -0.2) is 14.5 Å². The van der Waals surface area contributed by atoms with Crippen molar-refractivity contribution in [2.24, 2.45) is 0 Å². The third kappa shape index (κ3) is 5.38. The number of para-hydroxylation sites is 2. The molecule has 0 aliphatic rings. The van der Waals surface area contributed by atoms with E-state index in [0.29, 0.717) is 5.82 Å². The fourth-order valence-corrected chi connectivity index (χ4v) is 3.01. The van der Waals surface area contributed by atoms with E-state index in [2.05, 4.69) is 20.1 Å². The zero-order valence-electron chi connectivity index (χ0n) is 17.3. The summed E-state index contributed by atoms with van der Waals surface area (Å²) in [5.74, 6) is -1.56. The maximum Gasteiger partial charge on any atom is 0.387 e. The summed E-state index contributed by atoms with van der Waals surface area (Å²) in [5.41, 5.74) is 1.38. The first kappa shape index (κ1) is 23.1. The Hall–Kier alpha value is -3.53. The number of anilines is 1. The average molecular weight is 465 g/mol. The van der Waals surface area contributed by atoms with E-state index in [-0.39, 0.29) is 22.2 Å². The summed E-state index contributed by atoms with van der Waals surface area (Å²) in [5, 5.41) is 6.73. The summed E-state index contributed by atoms with van der Waals surface area (Å²) in [6, 6.07) is 10.6. The molecule has 0 bridgehead atoms. The maximum atomic E-state index is 12.6. The van der Waals surface area contributed by atoms with E-state index in [9.17, 15) is 18.4 Å². The van der Waals surface area contributed by atoms with Crippen LogP contribution in [-0.4, -0.2) is 39.4 Å². The van der Waals surface area contributed by atoms with E-state index in [1.807, 2.05) is 19.9 Å². The van der Waals surface area contributed by atoms with Gasteiger partial charge in [-0.1, -0.05) is 23.7 Å². The van der Waals surface area contributed by atoms with Crippen LogP contribution in [0.5, 0.6) is 5.75 Å². The minimum absolute atomic E-state index is 0.00313. The molecule has 1 atom stereocenters. The number of alkyl halides is 2. The van der Waals surface area contributed by atoms with Crippen molar-refractivity contribution in [2.75, 3.05) is 5.32 Å². The van der Waals surface area contributed by atoms with Crippen LogP contribution in [0.1, 0.15) is 28.8 Å². The zero-order valence-corrected chi connectivity index (χ0v) is 18.1. The summed E-state index contributed by atoms with van der Waals surface area (Å²) >= 11 is 6.10. The summed E-state index contributed by atoms with van der Waals surface area (Å²) in [4.78, 5) is 29.3. The predicted molar refractivity (Wildman–Crippen MR) is 112 cm³/mol. The van der Waals surface area contributed by atoms with Crippen LogP contribution >= 0.6 is 11.6 Å². The number of nitrogens with one attached hydrogen (secondary N) is 1. The topological polar surface area (TPSA) is 95.3 Å². The van der Waals surface area contributed by atoms with Crippen LogP contribution in [0.25, 0.3) is 5.82 Å². The molecule has 0 aliphatic heterocycles. The number of aryl methyl sites for hydroxylation is 2. The summed E-state index contributed by atoms with van der Waals surface area (Å²) in [7, 11) is 0. The van der Waals surface area contributed by atoms with Gasteiger partial charge in [0, 0.05) is 5.69 Å². The number of carbonyl (C=O) groups is 2. The van der Waals surface area contributed by atoms with Gasteiger partial charge < -0.3 is 14.8 Å². The monoisotopic (exact) mass is 464 g/mol. The summed E-state index contributed by atoms with van der Waals surface area (Å²) in [6.07, 6.45) is -1.28. The normalized spacial score (nSPS) is 11.8. The third-order valence-electron chi connectivity index (χ3n) is 4.27. The van der Waals surface area contributed by atoms with Gasteiger partial charge in [-0.15, -0.1) is 0 Å². The van der Waals surface area contributed by atoms with Crippen LogP contribution in [0.2, 0.25) is 5.02 Å². The molecule has 3 aromatic rings. The number of benzene rings is 1. The minimum Gasteiger partial charge on any atom is -0.448 e. The summed E-state index contributed by atoms with van der Waals surface area (Å²) < 4.78 is 36.2. The zero-order chi connectivity index (χ0) is 23.4. The highest BCUT2D eigenvalue weighted by Crippen LogP contribution is 2.26. The standard InChI is InChI=1S/C21H19ClF2N4O4/c1-11-10-12(2)28(27-11)17-9-8-14(22)18(26-17)20(30)31-13(3)19(29)25-15-6-4-5-7-16(15)32-21(23)24/h4-10,13,21H,1-3H3,(H,25,29). The van der Waals surface area contributed by atoms with Crippen LogP contribution < -0.4 is 10.1 Å². The quantitative estimate of drug-likeness (QED) is 0.523. The lowest BCUT2D eigenvalue weighted by Gasteiger charge is -2.16. The average Bonchev–Trinajstić information content (AvgIpc) is 3.07. The highest BCUT2D eigenvalue weighted by atomic mass is 35.5. The highest BCUT2D eigenvalue weighted by Gasteiger charge is 2.24. The predicted octanol–water partition coefficient (Wildman–Crippen LogP) is 4.32. The molecular weight excluding hydrogens is 446 g/mol. The van der Waals surface area contributed by atoms with Gasteiger partial charge in [0.1, 0.15) is 5.75 Å². The molecule has 168 valence electrons. The van der Waals surface area contributed by atoms with Crippen molar-refractivity contribution < 1.29 is 27.8 Å². The van der Waals surface area contributed by atoms with Crippen molar-refractivity contribution in [3.63, 3.8) is 0 Å². The van der Waals surface area contributed by atoms with Crippen LogP contribution in [0.15, 0.2) is 42.5 Å². The van der Waals surface area contributed by atoms with E-state index in [1.54, 1.807) is 10.7 Å². The molecule has 0 radical (unpaired) electrons. The number of hydrogen-bond acceptors (Lipinski definition) is 6. The fraction of sp³-hybridized carbons (Fsp3) is 0.238. The molecule has 0 saturated carbocycles. The van der Waals surface area contributed by atoms with Gasteiger partial charge in [0.2, 0.25) is 0 Å². The van der Waals surface area contributed by atoms with Gasteiger partial charge in [0.25, 0.3) is 5.91 Å². The number of esters is 1. The first-order chi connectivity index (χ1) is 15.2. The van der Waals surface area contributed by atoms with E-state index >= 15 is 0 Å². The first-order valence-electron chi connectivity index (χ1n) is 9.41. The van der Waals surface area contributed by atoms with Crippen LogP contribution in [0, 0.1) is 13.8 Å². The number of amides is 1. The molecule has 8 nitrogen and oxygen atoms in total. The van der Waals surface area contributed by atoms with Crippen LogP contribution in [-0.2, 0) is 9.53 Å². The molecule has 1 amide bonds. The molecule has 11 heteroatoms. The molecule has 2 aromatic heterocycles. The van der Waals surface area contributed by atoms with E-state index < -0.39 is 24.6 Å². The molecule has 32 heavy (non-hydrogen) atoms. The Morgan fingerprint density at radius 3 is 2.53 bits per heavy atom. The lowest BCUT2D eigenvalue weighted by molar-refractivity contribution is -0.123. The van der Waals surface area contributed by atoms with E-state index in [1.165, 1.54) is 37.3 Å². The molecule has 1 N–H and O–H groups in total. The lowest BCUT2D eigenvalue weighted by Crippen LogP contribution is -2.30. The lowest BCUT2D eigenvalue weighted by atomic mass is 10.2. The number of aromatic nitrogens is 3. The van der Waals surface area contributed by atoms with Crippen molar-refractivity contribution in [3.8, 4) is 11.6 Å². The Morgan fingerprint density at radius 2 is 1.88 bits per heavy atom. The Kier molecular flexibility index (Phi) is 7.04. The van der Waals surface area contributed by atoms with Gasteiger partial charge >= 0.3 is 12.6 Å². The minimum atomic E-state index is -3.06. The Morgan fingerprint density at radius 1 is 1.16 bits per heavy atom. The third-order valence-corrected chi connectivity index (χ3v) is 4.57.